The van der Waals surface area contributed by atoms with E-state index in [0.717, 1.165) is 5.56 Å². The van der Waals surface area contributed by atoms with Gasteiger partial charge in [0.15, 0.2) is 11.5 Å². The second-order valence-corrected chi connectivity index (χ2v) is 8.74. The molecule has 2 aromatic carbocycles. The van der Waals surface area contributed by atoms with E-state index in [1.807, 2.05) is 37.3 Å². The molecule has 1 atom stereocenters. The molecular weight excluding hydrogens is 449 g/mol. The lowest BCUT2D eigenvalue weighted by Gasteiger charge is -2.23. The Balaban J connectivity index is 1.54. The number of aromatic amines is 1. The number of H-pyrrole nitrogens is 1. The number of halogens is 1. The summed E-state index contributed by atoms with van der Waals surface area (Å²) in [5, 5.41) is 3.44. The summed E-state index contributed by atoms with van der Waals surface area (Å²) in [6.45, 7) is 3.20. The van der Waals surface area contributed by atoms with E-state index < -0.39 is 0 Å². The van der Waals surface area contributed by atoms with Crippen LogP contribution in [0.1, 0.15) is 37.4 Å². The zero-order chi connectivity index (χ0) is 23.9. The van der Waals surface area contributed by atoms with E-state index in [2.05, 4.69) is 15.3 Å². The first-order chi connectivity index (χ1) is 17.1. The molecule has 0 aliphatic carbocycles. The second kappa shape index (κ2) is 8.62. The summed E-state index contributed by atoms with van der Waals surface area (Å²) in [4.78, 5) is 30.0. The molecule has 1 fully saturated rings. The third-order valence-corrected chi connectivity index (χ3v) is 6.49. The molecule has 1 aliphatic heterocycles. The van der Waals surface area contributed by atoms with E-state index in [-0.39, 0.29) is 23.6 Å². The highest BCUT2D eigenvalue weighted by Crippen LogP contribution is 2.29. The van der Waals surface area contributed by atoms with Gasteiger partial charge in [0.1, 0.15) is 17.7 Å². The lowest BCUT2D eigenvalue weighted by atomic mass is 10.1. The number of imidazole rings is 2. The molecule has 2 N–H and O–H groups in total. The quantitative estimate of drug-likeness (QED) is 0.398. The molecule has 0 saturated carbocycles. The van der Waals surface area contributed by atoms with Crippen LogP contribution in [0.15, 0.2) is 59.7 Å². The fourth-order valence-corrected chi connectivity index (χ4v) is 4.65. The van der Waals surface area contributed by atoms with Crippen LogP contribution in [-0.2, 0) is 4.74 Å². The van der Waals surface area contributed by atoms with Crippen molar-refractivity contribution in [3.05, 3.63) is 76.7 Å². The first-order valence-electron chi connectivity index (χ1n) is 11.6. The molecule has 1 saturated heterocycles. The number of hydrogen-bond acceptors (Lipinski definition) is 6. The summed E-state index contributed by atoms with van der Waals surface area (Å²) in [6, 6.07) is 14.2. The van der Waals surface area contributed by atoms with Gasteiger partial charge < -0.3 is 15.0 Å². The van der Waals surface area contributed by atoms with Crippen LogP contribution in [0.5, 0.6) is 0 Å². The zero-order valence-electron chi connectivity index (χ0n) is 19.1. The molecule has 178 valence electrons. The minimum absolute atomic E-state index is 0.0378. The summed E-state index contributed by atoms with van der Waals surface area (Å²) in [5.74, 6) is 0.410. The normalized spacial score (nSPS) is 15.6. The number of ether oxygens (including phenoxy) is 1. The predicted octanol–water partition coefficient (Wildman–Crippen LogP) is 4.12. The highest BCUT2D eigenvalue weighted by molar-refractivity contribution is 5.85. The van der Waals surface area contributed by atoms with Gasteiger partial charge in [0.2, 0.25) is 5.95 Å². The third-order valence-electron chi connectivity index (χ3n) is 6.49. The molecule has 3 aromatic heterocycles. The second-order valence-electron chi connectivity index (χ2n) is 8.74. The molecule has 0 spiro atoms. The molecule has 0 amide bonds. The van der Waals surface area contributed by atoms with Gasteiger partial charge >= 0.3 is 5.69 Å². The van der Waals surface area contributed by atoms with Crippen molar-refractivity contribution in [3.8, 4) is 5.95 Å². The van der Waals surface area contributed by atoms with Gasteiger partial charge in [0.25, 0.3) is 0 Å². The minimum atomic E-state index is -0.378. The summed E-state index contributed by atoms with van der Waals surface area (Å²) in [6.07, 6.45) is 3.00. The van der Waals surface area contributed by atoms with Crippen LogP contribution < -0.4 is 11.0 Å². The first-order valence-corrected chi connectivity index (χ1v) is 11.6. The van der Waals surface area contributed by atoms with Gasteiger partial charge in [0, 0.05) is 25.3 Å². The number of nitrogens with zero attached hydrogens (tertiary/aromatic N) is 5. The molecular formula is C25H24FN7O2. The van der Waals surface area contributed by atoms with Crippen molar-refractivity contribution in [3.63, 3.8) is 0 Å². The largest absolute Gasteiger partial charge is 0.381 e. The summed E-state index contributed by atoms with van der Waals surface area (Å²) in [5.41, 5.74) is 3.02. The Morgan fingerprint density at radius 2 is 1.94 bits per heavy atom. The molecule has 10 heteroatoms. The monoisotopic (exact) mass is 473 g/mol. The van der Waals surface area contributed by atoms with E-state index in [9.17, 15) is 9.18 Å². The van der Waals surface area contributed by atoms with Crippen molar-refractivity contribution in [1.29, 1.82) is 0 Å². The fourth-order valence-electron chi connectivity index (χ4n) is 4.65. The maximum atomic E-state index is 14.1. The molecule has 0 unspecified atom stereocenters. The Morgan fingerprint density at radius 3 is 2.74 bits per heavy atom. The molecule has 0 bridgehead atoms. The van der Waals surface area contributed by atoms with Gasteiger partial charge in [0.05, 0.1) is 17.1 Å². The molecule has 9 nitrogen and oxygen atoms in total. The van der Waals surface area contributed by atoms with Crippen LogP contribution in [0, 0.1) is 5.82 Å². The fraction of sp³-hybridized carbons (Fsp3) is 0.280. The van der Waals surface area contributed by atoms with Crippen LogP contribution in [0.4, 0.5) is 10.2 Å². The Kier molecular flexibility index (Phi) is 5.29. The summed E-state index contributed by atoms with van der Waals surface area (Å²) < 4.78 is 22.9. The number of benzene rings is 2. The molecule has 6 rings (SSSR count). The highest BCUT2D eigenvalue weighted by Gasteiger charge is 2.25. The molecule has 0 radical (unpaired) electrons. The minimum Gasteiger partial charge on any atom is -0.381 e. The number of rotatable bonds is 5. The SMILES string of the molecule is C[C@@H](Nc1nc(-n2cnc3ccc(F)cc32)nc2c1[nH]c(=O)n2C1CCOCC1)c1ccccc1. The summed E-state index contributed by atoms with van der Waals surface area (Å²) >= 11 is 0. The zero-order valence-corrected chi connectivity index (χ0v) is 19.1. The van der Waals surface area contributed by atoms with Gasteiger partial charge in [-0.3, -0.25) is 9.13 Å². The third kappa shape index (κ3) is 3.85. The topological polar surface area (TPSA) is 103 Å². The van der Waals surface area contributed by atoms with Gasteiger partial charge in [-0.1, -0.05) is 30.3 Å². The Morgan fingerprint density at radius 1 is 1.14 bits per heavy atom. The molecule has 35 heavy (non-hydrogen) atoms. The predicted molar refractivity (Wildman–Crippen MR) is 130 cm³/mol. The smallest absolute Gasteiger partial charge is 0.328 e. The highest BCUT2D eigenvalue weighted by atomic mass is 19.1. The van der Waals surface area contributed by atoms with Crippen molar-refractivity contribution in [1.82, 2.24) is 29.1 Å². The maximum absolute atomic E-state index is 14.1. The van der Waals surface area contributed by atoms with Gasteiger partial charge in [-0.05, 0) is 37.5 Å². The first kappa shape index (κ1) is 21.5. The molecule has 5 aromatic rings. The number of anilines is 1. The van der Waals surface area contributed by atoms with Crippen LogP contribution in [0.25, 0.3) is 28.1 Å². The average Bonchev–Trinajstić information content (AvgIpc) is 3.45. The van der Waals surface area contributed by atoms with Crippen molar-refractivity contribution < 1.29 is 9.13 Å². The number of fused-ring (bicyclic) bond motifs is 2. The van der Waals surface area contributed by atoms with Gasteiger partial charge in [-0.2, -0.15) is 9.97 Å². The Hall–Kier alpha value is -4.05. The van der Waals surface area contributed by atoms with Gasteiger partial charge in [-0.25, -0.2) is 14.2 Å². The van der Waals surface area contributed by atoms with Crippen molar-refractivity contribution >= 4 is 28.0 Å². The van der Waals surface area contributed by atoms with E-state index in [0.29, 0.717) is 60.0 Å². The van der Waals surface area contributed by atoms with E-state index in [1.165, 1.54) is 12.1 Å². The van der Waals surface area contributed by atoms with Crippen LogP contribution in [0.2, 0.25) is 0 Å². The standard InChI is InChI=1S/C25H24FN7O2/c1-15(16-5-3-2-4-6-16)28-22-21-23(33(25(34)29-21)18-9-11-35-12-10-18)31-24(30-22)32-14-27-19-8-7-17(26)13-20(19)32/h2-8,13-15,18H,9-12H2,1H3,(H,29,34)(H,28,30,31)/t15-/m1/s1. The van der Waals surface area contributed by atoms with E-state index in [1.54, 1.807) is 21.5 Å². The average molecular weight is 474 g/mol. The van der Waals surface area contributed by atoms with Crippen LogP contribution in [-0.4, -0.2) is 42.3 Å². The Bertz CT molecular complexity index is 1570. The van der Waals surface area contributed by atoms with E-state index >= 15 is 0 Å². The van der Waals surface area contributed by atoms with Crippen molar-refractivity contribution in [2.24, 2.45) is 0 Å². The maximum Gasteiger partial charge on any atom is 0.328 e. The molecule has 1 aliphatic rings. The summed E-state index contributed by atoms with van der Waals surface area (Å²) in [7, 11) is 0. The van der Waals surface area contributed by atoms with Gasteiger partial charge in [-0.15, -0.1) is 0 Å². The molecule has 4 heterocycles. The van der Waals surface area contributed by atoms with Crippen molar-refractivity contribution in [2.45, 2.75) is 31.8 Å². The lowest BCUT2D eigenvalue weighted by Crippen LogP contribution is -2.27. The van der Waals surface area contributed by atoms with Crippen LogP contribution >= 0.6 is 0 Å². The van der Waals surface area contributed by atoms with Crippen molar-refractivity contribution in [2.75, 3.05) is 18.5 Å². The van der Waals surface area contributed by atoms with E-state index in [4.69, 9.17) is 14.7 Å². The number of hydrogen-bond donors (Lipinski definition) is 2. The van der Waals surface area contributed by atoms with Crippen LogP contribution in [0.3, 0.4) is 0 Å². The number of nitrogens with one attached hydrogen (secondary N) is 2. The lowest BCUT2D eigenvalue weighted by molar-refractivity contribution is 0.0697. The number of aromatic nitrogens is 6. The Labute approximate surface area is 199 Å².